The van der Waals surface area contributed by atoms with Gasteiger partial charge in [0.1, 0.15) is 0 Å². The molecule has 1 aromatic rings. The lowest BCUT2D eigenvalue weighted by atomic mass is 10.0. The third-order valence-corrected chi connectivity index (χ3v) is 3.60. The second-order valence-corrected chi connectivity index (χ2v) is 5.37. The van der Waals surface area contributed by atoms with Gasteiger partial charge in [0.25, 0.3) is 0 Å². The Kier molecular flexibility index (Phi) is 6.25. The Hall–Kier alpha value is -1.13. The number of hydrogen-bond acceptors (Lipinski definition) is 2. The standard InChI is InChI=1S/C14H19ClN2OS/c1-3-6-11(13(16)19)14(18)17-9(2)10-7-4-5-8-12(10)15/h4-5,7-9,11H,3,6H2,1-2H3,(H2,16,19)(H,17,18). The number of carbonyl (C=O) groups excluding carboxylic acids is 1. The summed E-state index contributed by atoms with van der Waals surface area (Å²) in [6.45, 7) is 3.89. The molecule has 3 N–H and O–H groups in total. The van der Waals surface area contributed by atoms with Crippen LogP contribution >= 0.6 is 23.8 Å². The molecule has 5 heteroatoms. The number of carbonyl (C=O) groups is 1. The molecule has 0 saturated heterocycles. The van der Waals surface area contributed by atoms with Gasteiger partial charge >= 0.3 is 0 Å². The zero-order valence-corrected chi connectivity index (χ0v) is 12.7. The number of hydrogen-bond donors (Lipinski definition) is 2. The molecule has 0 aromatic heterocycles. The number of halogens is 1. The van der Waals surface area contributed by atoms with Crippen molar-refractivity contribution in [3.05, 3.63) is 34.9 Å². The topological polar surface area (TPSA) is 55.1 Å². The molecule has 0 fully saturated rings. The van der Waals surface area contributed by atoms with Gasteiger partial charge in [-0.15, -0.1) is 0 Å². The van der Waals surface area contributed by atoms with Crippen LogP contribution < -0.4 is 11.1 Å². The summed E-state index contributed by atoms with van der Waals surface area (Å²) >= 11 is 11.0. The van der Waals surface area contributed by atoms with Crippen LogP contribution in [-0.2, 0) is 4.79 Å². The van der Waals surface area contributed by atoms with E-state index in [-0.39, 0.29) is 16.9 Å². The van der Waals surface area contributed by atoms with Crippen molar-refractivity contribution in [3.63, 3.8) is 0 Å². The van der Waals surface area contributed by atoms with E-state index in [2.05, 4.69) is 5.32 Å². The van der Waals surface area contributed by atoms with Gasteiger partial charge in [0.05, 0.1) is 16.9 Å². The van der Waals surface area contributed by atoms with E-state index in [9.17, 15) is 4.79 Å². The predicted octanol–water partition coefficient (Wildman–Crippen LogP) is 3.22. The van der Waals surface area contributed by atoms with E-state index in [1.807, 2.05) is 32.0 Å². The van der Waals surface area contributed by atoms with E-state index in [1.54, 1.807) is 6.07 Å². The molecule has 1 amide bonds. The van der Waals surface area contributed by atoms with E-state index >= 15 is 0 Å². The van der Waals surface area contributed by atoms with Crippen molar-refractivity contribution in [1.29, 1.82) is 0 Å². The first-order chi connectivity index (χ1) is 8.97. The maximum absolute atomic E-state index is 12.1. The van der Waals surface area contributed by atoms with Crippen molar-refractivity contribution in [2.24, 2.45) is 11.7 Å². The summed E-state index contributed by atoms with van der Waals surface area (Å²) < 4.78 is 0. The summed E-state index contributed by atoms with van der Waals surface area (Å²) in [5.74, 6) is -0.549. The zero-order valence-electron chi connectivity index (χ0n) is 11.2. The van der Waals surface area contributed by atoms with Crippen molar-refractivity contribution >= 4 is 34.7 Å². The van der Waals surface area contributed by atoms with Crippen LogP contribution in [0.25, 0.3) is 0 Å². The van der Waals surface area contributed by atoms with Crippen molar-refractivity contribution < 1.29 is 4.79 Å². The molecule has 1 aromatic carbocycles. The summed E-state index contributed by atoms with van der Waals surface area (Å²) in [6, 6.07) is 7.27. The molecule has 0 aliphatic rings. The van der Waals surface area contributed by atoms with Gasteiger partial charge in [-0.1, -0.05) is 55.4 Å². The van der Waals surface area contributed by atoms with Crippen LogP contribution in [-0.4, -0.2) is 10.9 Å². The Labute approximate surface area is 124 Å². The molecule has 2 unspecified atom stereocenters. The van der Waals surface area contributed by atoms with Gasteiger partial charge in [-0.2, -0.15) is 0 Å². The normalized spacial score (nSPS) is 13.6. The highest BCUT2D eigenvalue weighted by Gasteiger charge is 2.22. The lowest BCUT2D eigenvalue weighted by Gasteiger charge is -2.20. The summed E-state index contributed by atoms with van der Waals surface area (Å²) in [7, 11) is 0. The van der Waals surface area contributed by atoms with Gasteiger partial charge in [-0.3, -0.25) is 4.79 Å². The summed E-state index contributed by atoms with van der Waals surface area (Å²) in [4.78, 5) is 12.4. The minimum atomic E-state index is -0.412. The molecule has 1 rings (SSSR count). The van der Waals surface area contributed by atoms with Crippen LogP contribution in [0.5, 0.6) is 0 Å². The van der Waals surface area contributed by atoms with Gasteiger partial charge in [-0.05, 0) is 25.0 Å². The Morgan fingerprint density at radius 2 is 2.11 bits per heavy atom. The van der Waals surface area contributed by atoms with Crippen molar-refractivity contribution in [1.82, 2.24) is 5.32 Å². The third kappa shape index (κ3) is 4.48. The molecule has 104 valence electrons. The molecular formula is C14H19ClN2OS. The second-order valence-electron chi connectivity index (χ2n) is 4.50. The van der Waals surface area contributed by atoms with Gasteiger partial charge in [-0.25, -0.2) is 0 Å². The minimum absolute atomic E-state index is 0.137. The highest BCUT2D eigenvalue weighted by atomic mass is 35.5. The van der Waals surface area contributed by atoms with Crippen molar-refractivity contribution in [2.45, 2.75) is 32.7 Å². The Morgan fingerprint density at radius 3 is 2.63 bits per heavy atom. The van der Waals surface area contributed by atoms with Crippen molar-refractivity contribution in [2.75, 3.05) is 0 Å². The van der Waals surface area contributed by atoms with E-state index in [4.69, 9.17) is 29.6 Å². The Bertz CT molecular complexity index is 465. The van der Waals surface area contributed by atoms with Crippen LogP contribution in [0, 0.1) is 5.92 Å². The van der Waals surface area contributed by atoms with Gasteiger partial charge in [0.15, 0.2) is 0 Å². The fourth-order valence-electron chi connectivity index (χ4n) is 1.91. The molecule has 0 aliphatic heterocycles. The molecule has 0 saturated carbocycles. The predicted molar refractivity (Wildman–Crippen MR) is 83.2 cm³/mol. The molecule has 0 spiro atoms. The Balaban J connectivity index is 2.76. The SMILES string of the molecule is CCCC(C(=O)NC(C)c1ccccc1Cl)C(N)=S. The quantitative estimate of drug-likeness (QED) is 0.793. The van der Waals surface area contributed by atoms with Crippen LogP contribution in [0.3, 0.4) is 0 Å². The monoisotopic (exact) mass is 298 g/mol. The highest BCUT2D eigenvalue weighted by Crippen LogP contribution is 2.22. The molecular weight excluding hydrogens is 280 g/mol. The van der Waals surface area contributed by atoms with E-state index < -0.39 is 5.92 Å². The number of nitrogens with two attached hydrogens (primary N) is 1. The minimum Gasteiger partial charge on any atom is -0.393 e. The van der Waals surface area contributed by atoms with Gasteiger partial charge in [0.2, 0.25) is 5.91 Å². The summed E-state index contributed by atoms with van der Waals surface area (Å²) in [5, 5.41) is 3.55. The fourth-order valence-corrected chi connectivity index (χ4v) is 2.43. The van der Waals surface area contributed by atoms with Gasteiger partial charge < -0.3 is 11.1 Å². The number of thiocarbonyl (C=S) groups is 1. The zero-order chi connectivity index (χ0) is 14.4. The summed E-state index contributed by atoms with van der Waals surface area (Å²) in [5.41, 5.74) is 6.50. The first kappa shape index (κ1) is 15.9. The number of amides is 1. The molecule has 3 nitrogen and oxygen atoms in total. The third-order valence-electron chi connectivity index (χ3n) is 2.97. The summed E-state index contributed by atoms with van der Waals surface area (Å²) in [6.07, 6.45) is 1.52. The van der Waals surface area contributed by atoms with E-state index in [1.165, 1.54) is 0 Å². The van der Waals surface area contributed by atoms with Crippen LogP contribution in [0.4, 0.5) is 0 Å². The maximum atomic E-state index is 12.1. The smallest absolute Gasteiger partial charge is 0.230 e. The van der Waals surface area contributed by atoms with E-state index in [0.29, 0.717) is 11.4 Å². The first-order valence-electron chi connectivity index (χ1n) is 6.31. The number of nitrogens with one attached hydrogen (secondary N) is 1. The van der Waals surface area contributed by atoms with Crippen LogP contribution in [0.15, 0.2) is 24.3 Å². The highest BCUT2D eigenvalue weighted by molar-refractivity contribution is 7.80. The van der Waals surface area contributed by atoms with Gasteiger partial charge in [0, 0.05) is 5.02 Å². The lowest BCUT2D eigenvalue weighted by Crippen LogP contribution is -2.39. The molecule has 0 bridgehead atoms. The maximum Gasteiger partial charge on any atom is 0.230 e. The van der Waals surface area contributed by atoms with Crippen LogP contribution in [0.2, 0.25) is 5.02 Å². The molecule has 2 atom stereocenters. The molecule has 0 aliphatic carbocycles. The average Bonchev–Trinajstić information content (AvgIpc) is 2.35. The average molecular weight is 299 g/mol. The Morgan fingerprint density at radius 1 is 1.47 bits per heavy atom. The fraction of sp³-hybridized carbons (Fsp3) is 0.429. The molecule has 0 heterocycles. The van der Waals surface area contributed by atoms with E-state index in [0.717, 1.165) is 12.0 Å². The first-order valence-corrected chi connectivity index (χ1v) is 7.10. The molecule has 19 heavy (non-hydrogen) atoms. The number of benzene rings is 1. The molecule has 0 radical (unpaired) electrons. The second kappa shape index (κ2) is 7.46. The van der Waals surface area contributed by atoms with Crippen LogP contribution in [0.1, 0.15) is 38.3 Å². The largest absolute Gasteiger partial charge is 0.393 e. The van der Waals surface area contributed by atoms with Crippen molar-refractivity contribution in [3.8, 4) is 0 Å². The number of rotatable bonds is 6. The lowest BCUT2D eigenvalue weighted by molar-refractivity contribution is -0.123.